The summed E-state index contributed by atoms with van der Waals surface area (Å²) >= 11 is 0. The van der Waals surface area contributed by atoms with Crippen molar-refractivity contribution in [3.05, 3.63) is 23.3 Å². The third-order valence-electron chi connectivity index (χ3n) is 10.6. The normalized spacial score (nSPS) is 43.1. The molecule has 0 spiro atoms. The maximum atomic E-state index is 12.6. The standard InChI is InChI=1S/C28H42N2O3/c1-16(2)25(29)26(32)30-19-9-11-27(3)18(14-19)5-6-20-22-8-7-21(17-13-24(31)33-15-17)28(22,4)12-10-23(20)27/h8,13,16,18-21,23,25H,5-7,9-12,14-15,29H2,1-4H3,(H,30,32)/t18-,19+,20+,21-,23+,25?,27+,28-/m1/s1. The number of nitrogens with one attached hydrogen (secondary N) is 1. The zero-order chi connectivity index (χ0) is 23.5. The second kappa shape index (κ2) is 8.25. The van der Waals surface area contributed by atoms with E-state index in [9.17, 15) is 9.59 Å². The summed E-state index contributed by atoms with van der Waals surface area (Å²) in [5.74, 6) is 2.54. The first-order valence-electron chi connectivity index (χ1n) is 13.3. The molecule has 5 rings (SSSR count). The van der Waals surface area contributed by atoms with Crippen LogP contribution in [-0.2, 0) is 14.3 Å². The Morgan fingerprint density at radius 2 is 1.97 bits per heavy atom. The van der Waals surface area contributed by atoms with Gasteiger partial charge in [0, 0.05) is 12.1 Å². The van der Waals surface area contributed by atoms with Crippen LogP contribution in [0.5, 0.6) is 0 Å². The molecule has 0 bridgehead atoms. The summed E-state index contributed by atoms with van der Waals surface area (Å²) in [7, 11) is 0. The van der Waals surface area contributed by atoms with Crippen LogP contribution in [0.3, 0.4) is 0 Å². The van der Waals surface area contributed by atoms with Gasteiger partial charge < -0.3 is 15.8 Å². The van der Waals surface area contributed by atoms with Gasteiger partial charge in [0.2, 0.25) is 5.91 Å². The highest BCUT2D eigenvalue weighted by atomic mass is 16.5. The van der Waals surface area contributed by atoms with Gasteiger partial charge in [0.15, 0.2) is 0 Å². The molecule has 5 nitrogen and oxygen atoms in total. The molecule has 3 saturated carbocycles. The number of carbonyl (C=O) groups excluding carboxylic acids is 2. The van der Waals surface area contributed by atoms with Crippen molar-refractivity contribution in [3.8, 4) is 0 Å². The topological polar surface area (TPSA) is 81.4 Å². The third kappa shape index (κ3) is 3.69. The van der Waals surface area contributed by atoms with Crippen molar-refractivity contribution in [3.63, 3.8) is 0 Å². The summed E-state index contributed by atoms with van der Waals surface area (Å²) < 4.78 is 5.27. The smallest absolute Gasteiger partial charge is 0.331 e. The minimum Gasteiger partial charge on any atom is -0.458 e. The molecular weight excluding hydrogens is 412 g/mol. The van der Waals surface area contributed by atoms with Crippen LogP contribution < -0.4 is 11.1 Å². The highest BCUT2D eigenvalue weighted by Gasteiger charge is 2.58. The molecule has 33 heavy (non-hydrogen) atoms. The molecule has 1 heterocycles. The molecule has 4 aliphatic carbocycles. The van der Waals surface area contributed by atoms with Gasteiger partial charge in [-0.15, -0.1) is 0 Å². The Hall–Kier alpha value is -1.62. The molecule has 1 amide bonds. The molecule has 0 aromatic heterocycles. The van der Waals surface area contributed by atoms with Gasteiger partial charge in [-0.2, -0.15) is 0 Å². The number of ether oxygens (including phenoxy) is 1. The van der Waals surface area contributed by atoms with E-state index in [1.54, 1.807) is 11.6 Å². The Balaban J connectivity index is 1.29. The number of nitrogens with two attached hydrogens (primary N) is 1. The fraction of sp³-hybridized carbons (Fsp3) is 0.786. The number of allylic oxidation sites excluding steroid dienone is 2. The van der Waals surface area contributed by atoms with E-state index in [4.69, 9.17) is 10.5 Å². The number of esters is 1. The third-order valence-corrected chi connectivity index (χ3v) is 10.6. The van der Waals surface area contributed by atoms with Gasteiger partial charge in [0.05, 0.1) is 6.04 Å². The molecule has 1 aliphatic heterocycles. The van der Waals surface area contributed by atoms with Crippen molar-refractivity contribution >= 4 is 11.9 Å². The zero-order valence-electron chi connectivity index (χ0n) is 20.9. The lowest BCUT2D eigenvalue weighted by Gasteiger charge is -2.60. The number of hydrogen-bond acceptors (Lipinski definition) is 4. The minimum absolute atomic E-state index is 0.0200. The quantitative estimate of drug-likeness (QED) is 0.483. The molecule has 182 valence electrons. The van der Waals surface area contributed by atoms with Crippen molar-refractivity contribution in [2.24, 2.45) is 46.2 Å². The van der Waals surface area contributed by atoms with Crippen molar-refractivity contribution < 1.29 is 14.3 Å². The average Bonchev–Trinajstić information content (AvgIpc) is 3.35. The highest BCUT2D eigenvalue weighted by Crippen LogP contribution is 2.66. The van der Waals surface area contributed by atoms with E-state index >= 15 is 0 Å². The van der Waals surface area contributed by atoms with Gasteiger partial charge in [-0.25, -0.2) is 4.79 Å². The van der Waals surface area contributed by atoms with Crippen LogP contribution in [0.1, 0.15) is 79.1 Å². The Labute approximate surface area is 199 Å². The lowest BCUT2D eigenvalue weighted by Crippen LogP contribution is -2.55. The molecule has 1 unspecified atom stereocenters. The fourth-order valence-corrected chi connectivity index (χ4v) is 8.47. The average molecular weight is 455 g/mol. The van der Waals surface area contributed by atoms with Gasteiger partial charge in [0.1, 0.15) is 6.61 Å². The van der Waals surface area contributed by atoms with Gasteiger partial charge in [-0.1, -0.05) is 39.3 Å². The number of cyclic esters (lactones) is 1. The predicted octanol–water partition coefficient (Wildman–Crippen LogP) is 4.52. The molecule has 8 atom stereocenters. The van der Waals surface area contributed by atoms with E-state index in [0.717, 1.165) is 25.2 Å². The number of amides is 1. The van der Waals surface area contributed by atoms with Crippen molar-refractivity contribution in [2.75, 3.05) is 6.61 Å². The molecular formula is C28H42N2O3. The molecule has 0 radical (unpaired) electrons. The Kier molecular flexibility index (Phi) is 5.78. The second-order valence-electron chi connectivity index (χ2n) is 12.5. The van der Waals surface area contributed by atoms with E-state index in [-0.39, 0.29) is 29.3 Å². The van der Waals surface area contributed by atoms with Crippen LogP contribution in [0, 0.1) is 40.4 Å². The molecule has 0 saturated heterocycles. The summed E-state index contributed by atoms with van der Waals surface area (Å²) in [6.07, 6.45) is 13.7. The predicted molar refractivity (Wildman–Crippen MR) is 129 cm³/mol. The monoisotopic (exact) mass is 454 g/mol. The van der Waals surface area contributed by atoms with Gasteiger partial charge in [-0.3, -0.25) is 4.79 Å². The molecule has 0 aromatic rings. The summed E-state index contributed by atoms with van der Waals surface area (Å²) in [5, 5.41) is 3.29. The first-order valence-corrected chi connectivity index (χ1v) is 13.3. The molecule has 3 fully saturated rings. The maximum Gasteiger partial charge on any atom is 0.331 e. The van der Waals surface area contributed by atoms with Crippen molar-refractivity contribution in [1.29, 1.82) is 0 Å². The van der Waals surface area contributed by atoms with Gasteiger partial charge >= 0.3 is 5.97 Å². The number of carbonyl (C=O) groups is 2. The summed E-state index contributed by atoms with van der Waals surface area (Å²) in [4.78, 5) is 24.3. The van der Waals surface area contributed by atoms with E-state index in [1.165, 1.54) is 37.7 Å². The van der Waals surface area contributed by atoms with E-state index in [1.807, 2.05) is 13.8 Å². The number of fused-ring (bicyclic) bond motifs is 5. The van der Waals surface area contributed by atoms with E-state index in [0.29, 0.717) is 29.8 Å². The van der Waals surface area contributed by atoms with Crippen LogP contribution in [0.15, 0.2) is 23.3 Å². The first-order chi connectivity index (χ1) is 15.6. The lowest BCUT2D eigenvalue weighted by atomic mass is 9.45. The van der Waals surface area contributed by atoms with Crippen LogP contribution in [-0.4, -0.2) is 30.6 Å². The number of hydrogen-bond donors (Lipinski definition) is 2. The first kappa shape index (κ1) is 23.1. The van der Waals surface area contributed by atoms with E-state index < -0.39 is 6.04 Å². The Bertz CT molecular complexity index is 892. The summed E-state index contributed by atoms with van der Waals surface area (Å²) in [5.41, 5.74) is 9.53. The zero-order valence-corrected chi connectivity index (χ0v) is 20.9. The minimum atomic E-state index is -0.414. The van der Waals surface area contributed by atoms with Crippen molar-refractivity contribution in [1.82, 2.24) is 5.32 Å². The highest BCUT2D eigenvalue weighted by molar-refractivity contribution is 5.85. The van der Waals surface area contributed by atoms with Crippen LogP contribution in [0.4, 0.5) is 0 Å². The van der Waals surface area contributed by atoms with E-state index in [2.05, 4.69) is 25.2 Å². The largest absolute Gasteiger partial charge is 0.458 e. The van der Waals surface area contributed by atoms with Crippen LogP contribution in [0.25, 0.3) is 0 Å². The Morgan fingerprint density at radius 1 is 1.18 bits per heavy atom. The summed E-state index contributed by atoms with van der Waals surface area (Å²) in [6.45, 7) is 9.51. The molecule has 3 N–H and O–H groups in total. The SMILES string of the molecule is CC(C)C(N)C(=O)N[C@H]1CC[C@@]2(C)[C@H](CC[C@H]3C4=CC[C@H](C5=CC(=O)OC5)[C@@]4(C)CC[C@@H]32)C1. The second-order valence-corrected chi connectivity index (χ2v) is 12.5. The fourth-order valence-electron chi connectivity index (χ4n) is 8.47. The molecule has 0 aromatic carbocycles. The Morgan fingerprint density at radius 3 is 2.67 bits per heavy atom. The maximum absolute atomic E-state index is 12.6. The summed E-state index contributed by atoms with van der Waals surface area (Å²) in [6, 6.07) is -0.143. The molecule has 5 aliphatic rings. The van der Waals surface area contributed by atoms with Gasteiger partial charge in [0.25, 0.3) is 0 Å². The van der Waals surface area contributed by atoms with Crippen LogP contribution >= 0.6 is 0 Å². The van der Waals surface area contributed by atoms with Gasteiger partial charge in [-0.05, 0) is 97.4 Å². The van der Waals surface area contributed by atoms with Crippen LogP contribution in [0.2, 0.25) is 0 Å². The lowest BCUT2D eigenvalue weighted by molar-refractivity contribution is -0.135. The molecule has 5 heteroatoms. The number of rotatable bonds is 4. The van der Waals surface area contributed by atoms with Crippen molar-refractivity contribution in [2.45, 2.75) is 91.1 Å².